The van der Waals surface area contributed by atoms with Crippen LogP contribution in [0.2, 0.25) is 0 Å². The molecule has 0 bridgehead atoms. The molecule has 5 nitrogen and oxygen atoms in total. The molecule has 2 saturated heterocycles. The van der Waals surface area contributed by atoms with Gasteiger partial charge in [0, 0.05) is 49.6 Å². The number of piperidine rings is 1. The lowest BCUT2D eigenvalue weighted by molar-refractivity contribution is -0.117. The Bertz CT molecular complexity index is 706. The van der Waals surface area contributed by atoms with Crippen molar-refractivity contribution >= 4 is 17.3 Å². The molecule has 1 amide bonds. The maximum Gasteiger partial charge on any atom is 0.224 e. The van der Waals surface area contributed by atoms with Gasteiger partial charge in [-0.3, -0.25) is 4.79 Å². The van der Waals surface area contributed by atoms with Crippen molar-refractivity contribution in [3.05, 3.63) is 24.3 Å². The Hall–Kier alpha value is -1.59. The van der Waals surface area contributed by atoms with Gasteiger partial charge >= 0.3 is 0 Å². The lowest BCUT2D eigenvalue weighted by Crippen LogP contribution is -2.50. The zero-order valence-electron chi connectivity index (χ0n) is 18.8. The lowest BCUT2D eigenvalue weighted by Gasteiger charge is -2.40. The van der Waals surface area contributed by atoms with Gasteiger partial charge in [-0.1, -0.05) is 18.9 Å². The minimum atomic E-state index is -0.000738. The first-order chi connectivity index (χ1) is 14.5. The Morgan fingerprint density at radius 1 is 1.10 bits per heavy atom. The summed E-state index contributed by atoms with van der Waals surface area (Å²) in [5.74, 6) is 0.752. The van der Waals surface area contributed by atoms with Crippen molar-refractivity contribution in [1.82, 2.24) is 5.32 Å². The Morgan fingerprint density at radius 2 is 1.87 bits per heavy atom. The number of amides is 1. The van der Waals surface area contributed by atoms with Gasteiger partial charge in [0.05, 0.1) is 5.60 Å². The molecule has 3 aliphatic rings. The van der Waals surface area contributed by atoms with Gasteiger partial charge in [0.2, 0.25) is 5.91 Å². The van der Waals surface area contributed by atoms with Crippen molar-refractivity contribution < 1.29 is 9.53 Å². The first kappa shape index (κ1) is 21.6. The summed E-state index contributed by atoms with van der Waals surface area (Å²) in [5.41, 5.74) is 2.15. The molecule has 1 saturated carbocycles. The van der Waals surface area contributed by atoms with Crippen molar-refractivity contribution in [1.29, 1.82) is 0 Å². The first-order valence-corrected chi connectivity index (χ1v) is 12.0. The maximum atomic E-state index is 12.4. The van der Waals surface area contributed by atoms with Gasteiger partial charge in [0.1, 0.15) is 0 Å². The van der Waals surface area contributed by atoms with E-state index in [1.807, 2.05) is 6.07 Å². The van der Waals surface area contributed by atoms with Crippen LogP contribution in [-0.2, 0) is 9.53 Å². The van der Waals surface area contributed by atoms with Gasteiger partial charge < -0.3 is 20.3 Å². The molecule has 4 rings (SSSR count). The number of benzene rings is 1. The van der Waals surface area contributed by atoms with Crippen LogP contribution in [-0.4, -0.2) is 43.3 Å². The van der Waals surface area contributed by atoms with Crippen LogP contribution in [0.3, 0.4) is 0 Å². The van der Waals surface area contributed by atoms with Crippen LogP contribution in [0.5, 0.6) is 0 Å². The third kappa shape index (κ3) is 5.98. The van der Waals surface area contributed by atoms with Crippen molar-refractivity contribution in [3.63, 3.8) is 0 Å². The van der Waals surface area contributed by atoms with Crippen LogP contribution >= 0.6 is 0 Å². The molecule has 0 radical (unpaired) electrons. The summed E-state index contributed by atoms with van der Waals surface area (Å²) in [5, 5.41) is 7.02. The number of hydrogen-bond donors (Lipinski definition) is 2. The number of carbonyl (C=O) groups excluding carboxylic acids is 1. The second kappa shape index (κ2) is 9.69. The number of carbonyl (C=O) groups is 1. The minimum Gasteiger partial charge on any atom is -0.375 e. The maximum absolute atomic E-state index is 12.4. The number of nitrogens with zero attached hydrogens (tertiary/aromatic N) is 1. The molecule has 0 aromatic heterocycles. The summed E-state index contributed by atoms with van der Waals surface area (Å²) >= 11 is 0. The van der Waals surface area contributed by atoms with Gasteiger partial charge in [0.15, 0.2) is 0 Å². The van der Waals surface area contributed by atoms with Crippen molar-refractivity contribution in [2.45, 2.75) is 89.3 Å². The molecule has 2 heterocycles. The average molecular weight is 414 g/mol. The van der Waals surface area contributed by atoms with Crippen LogP contribution < -0.4 is 15.5 Å². The zero-order chi connectivity index (χ0) is 21.0. The number of ether oxygens (including phenoxy) is 1. The molecule has 2 N–H and O–H groups in total. The van der Waals surface area contributed by atoms with Gasteiger partial charge in [-0.25, -0.2) is 0 Å². The van der Waals surface area contributed by atoms with E-state index >= 15 is 0 Å². The van der Waals surface area contributed by atoms with Crippen LogP contribution in [0.15, 0.2) is 24.3 Å². The van der Waals surface area contributed by atoms with E-state index in [9.17, 15) is 4.79 Å². The van der Waals surface area contributed by atoms with E-state index in [0.717, 1.165) is 51.1 Å². The quantitative estimate of drug-likeness (QED) is 0.708. The van der Waals surface area contributed by atoms with Gasteiger partial charge in [0.25, 0.3) is 0 Å². The largest absolute Gasteiger partial charge is 0.375 e. The summed E-state index contributed by atoms with van der Waals surface area (Å²) in [4.78, 5) is 14.8. The normalized spacial score (nSPS) is 25.4. The standard InChI is InChI=1S/C25H39N3O2/c1-25(2)18-22(12-15-30-25)26-20-10-13-28(14-11-20)23-9-5-8-21(17-23)27-24(29)16-19-6-3-4-7-19/h5,8-9,17,19-20,22,26H,3-4,6-7,10-16,18H2,1-2H3,(H,27,29)/t22-/m1/s1. The smallest absolute Gasteiger partial charge is 0.224 e. The molecule has 3 fully saturated rings. The van der Waals surface area contributed by atoms with E-state index in [1.54, 1.807) is 0 Å². The molecule has 0 unspecified atom stereocenters. The number of rotatable bonds is 6. The zero-order valence-corrected chi connectivity index (χ0v) is 18.8. The predicted octanol–water partition coefficient (Wildman–Crippen LogP) is 4.72. The number of anilines is 2. The van der Waals surface area contributed by atoms with Crippen molar-refractivity contribution in [3.8, 4) is 0 Å². The Morgan fingerprint density at radius 3 is 2.60 bits per heavy atom. The van der Waals surface area contributed by atoms with Crippen LogP contribution in [0, 0.1) is 5.92 Å². The molecular formula is C25H39N3O2. The Labute approximate surface area is 181 Å². The second-order valence-corrected chi connectivity index (χ2v) is 10.2. The van der Waals surface area contributed by atoms with Gasteiger partial charge in [-0.05, 0) is 76.5 Å². The fourth-order valence-corrected chi connectivity index (χ4v) is 5.48. The monoisotopic (exact) mass is 413 g/mol. The molecule has 0 spiro atoms. The molecule has 166 valence electrons. The predicted molar refractivity (Wildman–Crippen MR) is 123 cm³/mol. The summed E-state index contributed by atoms with van der Waals surface area (Å²) in [7, 11) is 0. The fourth-order valence-electron chi connectivity index (χ4n) is 5.48. The highest BCUT2D eigenvalue weighted by Crippen LogP contribution is 2.29. The summed E-state index contributed by atoms with van der Waals surface area (Å²) < 4.78 is 5.86. The topological polar surface area (TPSA) is 53.6 Å². The van der Waals surface area contributed by atoms with Gasteiger partial charge in [-0.15, -0.1) is 0 Å². The summed E-state index contributed by atoms with van der Waals surface area (Å²) in [6, 6.07) is 9.55. The lowest BCUT2D eigenvalue weighted by atomic mass is 9.92. The van der Waals surface area contributed by atoms with Crippen molar-refractivity contribution in [2.24, 2.45) is 5.92 Å². The summed E-state index contributed by atoms with van der Waals surface area (Å²) in [6.07, 6.45) is 10.2. The molecule has 1 aliphatic carbocycles. The van der Waals surface area contributed by atoms with E-state index in [-0.39, 0.29) is 11.5 Å². The number of nitrogens with one attached hydrogen (secondary N) is 2. The minimum absolute atomic E-state index is 0.000738. The Kier molecular flexibility index (Phi) is 6.99. The molecule has 1 aromatic rings. The molecule has 2 aliphatic heterocycles. The third-order valence-electron chi connectivity index (χ3n) is 7.11. The first-order valence-electron chi connectivity index (χ1n) is 12.0. The van der Waals surface area contributed by atoms with E-state index in [0.29, 0.717) is 24.4 Å². The third-order valence-corrected chi connectivity index (χ3v) is 7.11. The molecule has 5 heteroatoms. The summed E-state index contributed by atoms with van der Waals surface area (Å²) in [6.45, 7) is 7.38. The second-order valence-electron chi connectivity index (χ2n) is 10.2. The fraction of sp³-hybridized carbons (Fsp3) is 0.720. The van der Waals surface area contributed by atoms with Crippen LogP contribution in [0.25, 0.3) is 0 Å². The number of hydrogen-bond acceptors (Lipinski definition) is 4. The van der Waals surface area contributed by atoms with Crippen LogP contribution in [0.1, 0.15) is 71.6 Å². The molecule has 1 aromatic carbocycles. The molecular weight excluding hydrogens is 374 g/mol. The SMILES string of the molecule is CC1(C)C[C@H](NC2CCN(c3cccc(NC(=O)CC4CCCC4)c3)CC2)CCO1. The van der Waals surface area contributed by atoms with Crippen molar-refractivity contribution in [2.75, 3.05) is 29.9 Å². The average Bonchev–Trinajstić information content (AvgIpc) is 3.21. The van der Waals surface area contributed by atoms with Gasteiger partial charge in [-0.2, -0.15) is 0 Å². The Balaban J connectivity index is 1.25. The highest BCUT2D eigenvalue weighted by molar-refractivity contribution is 5.91. The van der Waals surface area contributed by atoms with E-state index in [2.05, 4.69) is 47.6 Å². The van der Waals surface area contributed by atoms with E-state index in [4.69, 9.17) is 4.74 Å². The van der Waals surface area contributed by atoms with E-state index < -0.39 is 0 Å². The molecule has 1 atom stereocenters. The van der Waals surface area contributed by atoms with Crippen LogP contribution in [0.4, 0.5) is 11.4 Å². The molecule has 30 heavy (non-hydrogen) atoms. The highest BCUT2D eigenvalue weighted by Gasteiger charge is 2.31. The highest BCUT2D eigenvalue weighted by atomic mass is 16.5. The van der Waals surface area contributed by atoms with E-state index in [1.165, 1.54) is 31.4 Å².